The lowest BCUT2D eigenvalue weighted by atomic mass is 9.75. The number of hydrogen-bond donors (Lipinski definition) is 6. The normalized spacial score (nSPS) is 12.0. The van der Waals surface area contributed by atoms with Gasteiger partial charge in [0.05, 0.1) is 0 Å². The largest absolute Gasteiger partial charge is 0.488 e. The molecule has 0 saturated heterocycles. The highest BCUT2D eigenvalue weighted by molar-refractivity contribution is 6.59. The van der Waals surface area contributed by atoms with Crippen molar-refractivity contribution in [3.8, 4) is 33.4 Å². The molecule has 0 aliphatic heterocycles. The molecule has 6 nitrogen and oxygen atoms in total. The van der Waals surface area contributed by atoms with Gasteiger partial charge in [0.2, 0.25) is 0 Å². The van der Waals surface area contributed by atoms with E-state index in [-0.39, 0.29) is 5.41 Å². The van der Waals surface area contributed by atoms with Crippen LogP contribution in [-0.2, 0) is 5.41 Å². The number of rotatable bonds is 5. The summed E-state index contributed by atoms with van der Waals surface area (Å²) in [6, 6.07) is 52.9. The fraction of sp³-hybridized carbons (Fsp3) is 0.0698. The fourth-order valence-corrected chi connectivity index (χ4v) is 6.67. The molecule has 0 bridgehead atoms. The molecule has 6 N–H and O–H groups in total. The Kier molecular flexibility index (Phi) is 11.2. The molecule has 0 saturated carbocycles. The average Bonchev–Trinajstić information content (AvgIpc) is 3.41. The quantitative estimate of drug-likeness (QED) is 0.144. The minimum absolute atomic E-state index is 0.0865. The van der Waals surface area contributed by atoms with Crippen molar-refractivity contribution in [2.24, 2.45) is 0 Å². The Balaban J connectivity index is 0.000000135. The number of fused-ring (bicyclic) bond motifs is 4. The molecule has 1 aliphatic carbocycles. The van der Waals surface area contributed by atoms with Gasteiger partial charge in [-0.25, -0.2) is 0 Å². The van der Waals surface area contributed by atoms with Crippen LogP contribution in [0, 0.1) is 0 Å². The van der Waals surface area contributed by atoms with Crippen molar-refractivity contribution in [1.29, 1.82) is 0 Å². The Morgan fingerprint density at radius 3 is 1.46 bits per heavy atom. The van der Waals surface area contributed by atoms with Crippen molar-refractivity contribution in [2.75, 3.05) is 0 Å². The Labute approximate surface area is 305 Å². The molecule has 0 atom stereocenters. The molecule has 7 aromatic rings. The van der Waals surface area contributed by atoms with E-state index in [0.717, 1.165) is 27.8 Å². The van der Waals surface area contributed by atoms with E-state index < -0.39 is 21.4 Å². The molecule has 0 heterocycles. The van der Waals surface area contributed by atoms with Crippen molar-refractivity contribution in [3.05, 3.63) is 175 Å². The van der Waals surface area contributed by atoms with Crippen LogP contribution in [0.15, 0.2) is 164 Å². The minimum atomic E-state index is -1.42. The zero-order valence-corrected chi connectivity index (χ0v) is 29.0. The van der Waals surface area contributed by atoms with Gasteiger partial charge in [0.1, 0.15) is 0 Å². The van der Waals surface area contributed by atoms with E-state index in [1.54, 1.807) is 30.3 Å². The van der Waals surface area contributed by atoms with Gasteiger partial charge in [0.25, 0.3) is 0 Å². The second-order valence-electron chi connectivity index (χ2n) is 13.2. The maximum Gasteiger partial charge on any atom is 0.488 e. The van der Waals surface area contributed by atoms with Crippen LogP contribution < -0.4 is 16.4 Å². The highest BCUT2D eigenvalue weighted by atomic mass is 16.4. The third kappa shape index (κ3) is 7.96. The van der Waals surface area contributed by atoms with Crippen LogP contribution in [0.2, 0.25) is 0 Å². The van der Waals surface area contributed by atoms with Gasteiger partial charge in [-0.05, 0) is 71.7 Å². The summed E-state index contributed by atoms with van der Waals surface area (Å²) in [4.78, 5) is 0. The Morgan fingerprint density at radius 1 is 0.365 bits per heavy atom. The molecule has 0 unspecified atom stereocenters. The van der Waals surface area contributed by atoms with Crippen molar-refractivity contribution in [2.45, 2.75) is 19.3 Å². The van der Waals surface area contributed by atoms with Gasteiger partial charge >= 0.3 is 21.4 Å². The summed E-state index contributed by atoms with van der Waals surface area (Å²) in [5, 5.41) is 57.1. The van der Waals surface area contributed by atoms with Gasteiger partial charge < -0.3 is 30.1 Å². The van der Waals surface area contributed by atoms with E-state index in [9.17, 15) is 10.0 Å². The lowest BCUT2D eigenvalue weighted by Crippen LogP contribution is -2.31. The summed E-state index contributed by atoms with van der Waals surface area (Å²) >= 11 is 0. The van der Waals surface area contributed by atoms with Crippen molar-refractivity contribution in [3.63, 3.8) is 0 Å². The van der Waals surface area contributed by atoms with Gasteiger partial charge in [-0.15, -0.1) is 0 Å². The molecule has 1 aliphatic rings. The second kappa shape index (κ2) is 16.0. The summed E-state index contributed by atoms with van der Waals surface area (Å²) in [5.41, 5.74) is 10.8. The molecule has 0 spiro atoms. The first-order chi connectivity index (χ1) is 25.0. The van der Waals surface area contributed by atoms with Crippen LogP contribution >= 0.6 is 0 Å². The number of hydrogen-bond acceptors (Lipinski definition) is 6. The molecule has 9 heteroatoms. The molecule has 0 fully saturated rings. The summed E-state index contributed by atoms with van der Waals surface area (Å²) < 4.78 is 0. The molecular weight excluding hydrogens is 645 g/mol. The van der Waals surface area contributed by atoms with Gasteiger partial charge in [0.15, 0.2) is 0 Å². The van der Waals surface area contributed by atoms with E-state index >= 15 is 0 Å². The second-order valence-corrected chi connectivity index (χ2v) is 13.2. The average molecular weight is 684 g/mol. The topological polar surface area (TPSA) is 121 Å². The lowest BCUT2D eigenvalue weighted by molar-refractivity contribution is 0.424. The predicted molar refractivity (Wildman–Crippen MR) is 215 cm³/mol. The SMILES string of the molecule is CC1(C)c2ccccc2-c2ccc(B(O)O)cc21.OB(O)c1ccc(-c2cccc3ccccc23)cc1.OB(O)c1ccc(-c2ccccc2)cc1. The maximum atomic E-state index is 9.30. The zero-order chi connectivity index (χ0) is 36.8. The summed E-state index contributed by atoms with van der Waals surface area (Å²) in [6.45, 7) is 4.34. The van der Waals surface area contributed by atoms with Crippen LogP contribution in [0.4, 0.5) is 0 Å². The van der Waals surface area contributed by atoms with Gasteiger partial charge in [-0.1, -0.05) is 178 Å². The summed E-state index contributed by atoms with van der Waals surface area (Å²) in [7, 11) is -4.22. The van der Waals surface area contributed by atoms with Crippen LogP contribution in [0.25, 0.3) is 44.2 Å². The smallest absolute Gasteiger partial charge is 0.423 e. The molecule has 8 rings (SSSR count). The van der Waals surface area contributed by atoms with E-state index in [0.29, 0.717) is 16.4 Å². The first-order valence-corrected chi connectivity index (χ1v) is 17.1. The third-order valence-electron chi connectivity index (χ3n) is 9.53. The molecule has 0 amide bonds. The van der Waals surface area contributed by atoms with Crippen molar-refractivity contribution in [1.82, 2.24) is 0 Å². The highest BCUT2D eigenvalue weighted by Crippen LogP contribution is 2.47. The van der Waals surface area contributed by atoms with E-state index in [4.69, 9.17) is 20.1 Å². The summed E-state index contributed by atoms with van der Waals surface area (Å²) in [5.74, 6) is 0. The van der Waals surface area contributed by atoms with Crippen molar-refractivity contribution < 1.29 is 30.1 Å². The maximum absolute atomic E-state index is 9.30. The standard InChI is InChI=1S/C16H13BO2.C15H15BO2.C12H11BO2/c18-17(19)14-10-8-13(9-11-14)16-7-3-5-12-4-1-2-6-15(12)16;1-15(2)13-6-4-3-5-11(13)12-8-7-10(16(17)18)9-14(12)15;14-13(15)12-8-6-11(7-9-12)10-4-2-1-3-5-10/h1-11,18-19H;3-9,17-18H,1-2H3;1-9,14-15H. The van der Waals surface area contributed by atoms with Gasteiger partial charge in [-0.2, -0.15) is 0 Å². The van der Waals surface area contributed by atoms with E-state index in [1.807, 2.05) is 97.1 Å². The Hall–Kier alpha value is -5.25. The highest BCUT2D eigenvalue weighted by Gasteiger charge is 2.35. The van der Waals surface area contributed by atoms with Crippen LogP contribution in [-0.4, -0.2) is 51.5 Å². The Bertz CT molecular complexity index is 2250. The summed E-state index contributed by atoms with van der Waals surface area (Å²) in [6.07, 6.45) is 0. The molecule has 0 radical (unpaired) electrons. The van der Waals surface area contributed by atoms with E-state index in [2.05, 4.69) is 50.2 Å². The molecule has 256 valence electrons. The van der Waals surface area contributed by atoms with Gasteiger partial charge in [-0.3, -0.25) is 0 Å². The van der Waals surface area contributed by atoms with E-state index in [1.165, 1.54) is 27.5 Å². The van der Waals surface area contributed by atoms with Crippen LogP contribution in [0.3, 0.4) is 0 Å². The first-order valence-electron chi connectivity index (χ1n) is 17.1. The fourth-order valence-electron chi connectivity index (χ4n) is 6.67. The monoisotopic (exact) mass is 684 g/mol. The molecule has 0 aromatic heterocycles. The van der Waals surface area contributed by atoms with Crippen LogP contribution in [0.5, 0.6) is 0 Å². The first kappa shape index (κ1) is 36.5. The van der Waals surface area contributed by atoms with Crippen LogP contribution in [0.1, 0.15) is 25.0 Å². The predicted octanol–water partition coefficient (Wildman–Crippen LogP) is 4.89. The molecule has 7 aromatic carbocycles. The number of benzene rings is 7. The van der Waals surface area contributed by atoms with Crippen molar-refractivity contribution >= 4 is 48.5 Å². The zero-order valence-electron chi connectivity index (χ0n) is 29.0. The minimum Gasteiger partial charge on any atom is -0.423 e. The molecular formula is C43H39B3O6. The lowest BCUT2D eigenvalue weighted by Gasteiger charge is -2.21. The Morgan fingerprint density at radius 2 is 0.827 bits per heavy atom. The van der Waals surface area contributed by atoms with Gasteiger partial charge in [0, 0.05) is 5.41 Å². The molecule has 52 heavy (non-hydrogen) atoms. The third-order valence-corrected chi connectivity index (χ3v) is 9.53.